The zero-order chi connectivity index (χ0) is 16.6. The van der Waals surface area contributed by atoms with Crippen LogP contribution in [-0.2, 0) is 19.9 Å². The first-order valence-electron chi connectivity index (χ1n) is 5.60. The second kappa shape index (κ2) is 9.24. The van der Waals surface area contributed by atoms with Gasteiger partial charge in [0.25, 0.3) is 0 Å². The summed E-state index contributed by atoms with van der Waals surface area (Å²) in [6, 6.07) is -0.912. The van der Waals surface area contributed by atoms with Crippen molar-refractivity contribution in [2.45, 2.75) is 30.6 Å². The maximum Gasteiger partial charge on any atom is 0.394 e. The Balaban J connectivity index is 0.000000690. The lowest BCUT2D eigenvalue weighted by molar-refractivity contribution is -0.262. The van der Waals surface area contributed by atoms with Gasteiger partial charge < -0.3 is 35.6 Å². The SMILES string of the molecule is N[C@H]1C(OCC=CO)O[C@H](CO)[C@@H](O)[C@@H]1O.O=S(=O)(O)O. The molecule has 0 aliphatic carbocycles. The van der Waals surface area contributed by atoms with Gasteiger partial charge in [0.2, 0.25) is 0 Å². The Labute approximate surface area is 120 Å². The van der Waals surface area contributed by atoms with Crippen molar-refractivity contribution in [2.24, 2.45) is 5.73 Å². The lowest BCUT2D eigenvalue weighted by Crippen LogP contribution is -2.62. The molecule has 11 nitrogen and oxygen atoms in total. The molecule has 0 radical (unpaired) electrons. The van der Waals surface area contributed by atoms with E-state index in [1.807, 2.05) is 0 Å². The summed E-state index contributed by atoms with van der Waals surface area (Å²) < 4.78 is 41.8. The van der Waals surface area contributed by atoms with Gasteiger partial charge in [-0.25, -0.2) is 0 Å². The normalized spacial score (nSPS) is 33.5. The Morgan fingerprint density at radius 1 is 1.24 bits per heavy atom. The molecule has 1 aliphatic heterocycles. The highest BCUT2D eigenvalue weighted by atomic mass is 32.3. The molecule has 0 amide bonds. The fraction of sp³-hybridized carbons (Fsp3) is 0.778. The standard InChI is InChI=1S/C9H17NO6.H2O4S/c10-6-8(14)7(13)5(4-12)16-9(6)15-3-1-2-11;1-5(2,3)4/h1-2,5-9,11-14H,3-4,10H2;(H2,1,2,3,4)/t5-,6-,7-,8-,9?;/m1./s1. The predicted molar refractivity (Wildman–Crippen MR) is 67.6 cm³/mol. The molecule has 1 saturated heterocycles. The summed E-state index contributed by atoms with van der Waals surface area (Å²) in [4.78, 5) is 0. The summed E-state index contributed by atoms with van der Waals surface area (Å²) in [5.41, 5.74) is 5.58. The molecular formula is C9H19NO10S. The second-order valence-corrected chi connectivity index (χ2v) is 4.85. The Kier molecular flexibility index (Phi) is 8.88. The molecule has 12 heteroatoms. The molecule has 0 aromatic carbocycles. The zero-order valence-corrected chi connectivity index (χ0v) is 11.6. The number of rotatable bonds is 4. The van der Waals surface area contributed by atoms with Crippen LogP contribution in [-0.4, -0.2) is 81.8 Å². The third-order valence-electron chi connectivity index (χ3n) is 2.39. The lowest BCUT2D eigenvalue weighted by atomic mass is 9.98. The van der Waals surface area contributed by atoms with Gasteiger partial charge in [0.05, 0.1) is 25.5 Å². The van der Waals surface area contributed by atoms with Crippen LogP contribution in [0.15, 0.2) is 12.3 Å². The molecule has 126 valence electrons. The first kappa shape index (κ1) is 20.2. The predicted octanol–water partition coefficient (Wildman–Crippen LogP) is -2.81. The molecular weight excluding hydrogens is 314 g/mol. The third-order valence-corrected chi connectivity index (χ3v) is 2.39. The molecule has 1 heterocycles. The molecule has 0 saturated carbocycles. The van der Waals surface area contributed by atoms with Gasteiger partial charge in [-0.15, -0.1) is 0 Å². The summed E-state index contributed by atoms with van der Waals surface area (Å²) in [6.07, 6.45) is -2.21. The van der Waals surface area contributed by atoms with Crippen molar-refractivity contribution in [1.82, 2.24) is 0 Å². The van der Waals surface area contributed by atoms with Gasteiger partial charge in [-0.2, -0.15) is 8.42 Å². The number of hydrogen-bond acceptors (Lipinski definition) is 9. The van der Waals surface area contributed by atoms with Gasteiger partial charge in [-0.05, 0) is 6.08 Å². The second-order valence-electron chi connectivity index (χ2n) is 3.95. The van der Waals surface area contributed by atoms with Crippen molar-refractivity contribution in [3.05, 3.63) is 12.3 Å². The quantitative estimate of drug-likeness (QED) is 0.207. The van der Waals surface area contributed by atoms with Crippen molar-refractivity contribution in [3.8, 4) is 0 Å². The van der Waals surface area contributed by atoms with E-state index in [1.54, 1.807) is 0 Å². The zero-order valence-electron chi connectivity index (χ0n) is 10.8. The molecule has 21 heavy (non-hydrogen) atoms. The Bertz CT molecular complexity index is 403. The fourth-order valence-electron chi connectivity index (χ4n) is 1.45. The molecule has 1 rings (SSSR count). The molecule has 0 aromatic heterocycles. The minimum Gasteiger partial charge on any atom is -0.516 e. The van der Waals surface area contributed by atoms with Gasteiger partial charge in [-0.3, -0.25) is 9.11 Å². The Hall–Kier alpha value is -0.830. The number of nitrogens with two attached hydrogens (primary N) is 1. The summed E-state index contributed by atoms with van der Waals surface area (Å²) >= 11 is 0. The third kappa shape index (κ3) is 8.25. The highest BCUT2D eigenvalue weighted by Crippen LogP contribution is 2.20. The smallest absolute Gasteiger partial charge is 0.394 e. The molecule has 0 spiro atoms. The summed E-state index contributed by atoms with van der Waals surface area (Å²) in [6.45, 7) is -0.392. The van der Waals surface area contributed by atoms with Crippen LogP contribution in [0.1, 0.15) is 0 Å². The highest BCUT2D eigenvalue weighted by Gasteiger charge is 2.42. The molecule has 0 bridgehead atoms. The molecule has 1 unspecified atom stereocenters. The average molecular weight is 333 g/mol. The number of hydrogen-bond donors (Lipinski definition) is 7. The molecule has 8 N–H and O–H groups in total. The fourth-order valence-corrected chi connectivity index (χ4v) is 1.45. The molecule has 1 aliphatic rings. The minimum absolute atomic E-state index is 0.0514. The van der Waals surface area contributed by atoms with E-state index < -0.39 is 47.6 Å². The summed E-state index contributed by atoms with van der Waals surface area (Å²) in [7, 11) is -4.67. The topological polar surface area (TPSA) is 200 Å². The van der Waals surface area contributed by atoms with Crippen molar-refractivity contribution in [2.75, 3.05) is 13.2 Å². The number of ether oxygens (including phenoxy) is 2. The van der Waals surface area contributed by atoms with E-state index in [2.05, 4.69) is 0 Å². The van der Waals surface area contributed by atoms with Gasteiger partial charge in [0, 0.05) is 0 Å². The van der Waals surface area contributed by atoms with Crippen LogP contribution < -0.4 is 5.73 Å². The molecule has 5 atom stereocenters. The van der Waals surface area contributed by atoms with Crippen molar-refractivity contribution >= 4 is 10.4 Å². The van der Waals surface area contributed by atoms with Crippen LogP contribution in [0.3, 0.4) is 0 Å². The van der Waals surface area contributed by atoms with Crippen LogP contribution in [0.2, 0.25) is 0 Å². The lowest BCUT2D eigenvalue weighted by Gasteiger charge is -2.40. The first-order chi connectivity index (χ1) is 9.61. The van der Waals surface area contributed by atoms with Gasteiger partial charge in [-0.1, -0.05) is 0 Å². The number of aliphatic hydroxyl groups excluding tert-OH is 4. The van der Waals surface area contributed by atoms with E-state index in [4.69, 9.17) is 42.9 Å². The van der Waals surface area contributed by atoms with Crippen LogP contribution in [0.4, 0.5) is 0 Å². The van der Waals surface area contributed by atoms with Gasteiger partial charge >= 0.3 is 10.4 Å². The van der Waals surface area contributed by atoms with Crippen LogP contribution >= 0.6 is 0 Å². The Morgan fingerprint density at radius 2 is 1.76 bits per heavy atom. The average Bonchev–Trinajstić information content (AvgIpc) is 2.37. The van der Waals surface area contributed by atoms with Crippen molar-refractivity contribution in [3.63, 3.8) is 0 Å². The van der Waals surface area contributed by atoms with E-state index in [9.17, 15) is 10.2 Å². The van der Waals surface area contributed by atoms with E-state index >= 15 is 0 Å². The molecule has 1 fully saturated rings. The van der Waals surface area contributed by atoms with E-state index in [1.165, 1.54) is 6.08 Å². The van der Waals surface area contributed by atoms with Crippen LogP contribution in [0, 0.1) is 0 Å². The van der Waals surface area contributed by atoms with Gasteiger partial charge in [0.1, 0.15) is 18.3 Å². The maximum absolute atomic E-state index is 9.56. The monoisotopic (exact) mass is 333 g/mol. The van der Waals surface area contributed by atoms with E-state index in [0.717, 1.165) is 6.26 Å². The van der Waals surface area contributed by atoms with Crippen molar-refractivity contribution < 1.29 is 47.4 Å². The van der Waals surface area contributed by atoms with Crippen LogP contribution in [0.5, 0.6) is 0 Å². The highest BCUT2D eigenvalue weighted by molar-refractivity contribution is 7.79. The Morgan fingerprint density at radius 3 is 2.19 bits per heavy atom. The largest absolute Gasteiger partial charge is 0.516 e. The van der Waals surface area contributed by atoms with Crippen LogP contribution in [0.25, 0.3) is 0 Å². The van der Waals surface area contributed by atoms with Gasteiger partial charge in [0.15, 0.2) is 6.29 Å². The maximum atomic E-state index is 9.56. The summed E-state index contributed by atoms with van der Waals surface area (Å²) in [5, 5.41) is 36.3. The molecule has 0 aromatic rings. The van der Waals surface area contributed by atoms with E-state index in [0.29, 0.717) is 0 Å². The van der Waals surface area contributed by atoms with Crippen molar-refractivity contribution in [1.29, 1.82) is 0 Å². The minimum atomic E-state index is -4.67. The number of aliphatic hydroxyl groups is 4. The first-order valence-corrected chi connectivity index (χ1v) is 7.00. The summed E-state index contributed by atoms with van der Waals surface area (Å²) in [5.74, 6) is 0. The van der Waals surface area contributed by atoms with E-state index in [-0.39, 0.29) is 6.61 Å².